The summed E-state index contributed by atoms with van der Waals surface area (Å²) >= 11 is 0. The van der Waals surface area contributed by atoms with Crippen LogP contribution in [0.2, 0.25) is 0 Å². The topological polar surface area (TPSA) is 70.6 Å². The van der Waals surface area contributed by atoms with Gasteiger partial charge in [0.2, 0.25) is 5.91 Å². The van der Waals surface area contributed by atoms with Crippen molar-refractivity contribution in [1.82, 2.24) is 5.43 Å². The number of anilines is 1. The number of hydrogen-bond acceptors (Lipinski definition) is 3. The van der Waals surface area contributed by atoms with Crippen LogP contribution in [-0.4, -0.2) is 17.5 Å². The van der Waals surface area contributed by atoms with Gasteiger partial charge in [-0.3, -0.25) is 9.59 Å². The molecule has 2 amide bonds. The lowest BCUT2D eigenvalue weighted by Gasteiger charge is -2.06. The Hall–Kier alpha value is -3.73. The van der Waals surface area contributed by atoms with Crippen LogP contribution in [0, 0.1) is 0 Å². The van der Waals surface area contributed by atoms with Gasteiger partial charge in [-0.25, -0.2) is 5.43 Å². The maximum Gasteiger partial charge on any atom is 0.271 e. The molecule has 0 spiro atoms. The number of rotatable bonds is 6. The van der Waals surface area contributed by atoms with E-state index in [1.54, 1.807) is 31.2 Å². The van der Waals surface area contributed by atoms with Crippen molar-refractivity contribution in [2.24, 2.45) is 5.10 Å². The van der Waals surface area contributed by atoms with Gasteiger partial charge in [0.05, 0.1) is 5.71 Å². The molecule has 0 saturated carbocycles. The average Bonchev–Trinajstić information content (AvgIpc) is 2.78. The van der Waals surface area contributed by atoms with E-state index in [2.05, 4.69) is 28.0 Å². The van der Waals surface area contributed by atoms with Gasteiger partial charge in [0.1, 0.15) is 0 Å². The van der Waals surface area contributed by atoms with Gasteiger partial charge in [0, 0.05) is 17.7 Å². The second-order valence-corrected chi connectivity index (χ2v) is 6.56. The first kappa shape index (κ1) is 20.0. The summed E-state index contributed by atoms with van der Waals surface area (Å²) < 4.78 is 0. The second-order valence-electron chi connectivity index (χ2n) is 6.56. The number of nitrogens with zero attached hydrogens (tertiary/aromatic N) is 1. The summed E-state index contributed by atoms with van der Waals surface area (Å²) in [5, 5.41) is 6.95. The minimum absolute atomic E-state index is 0.0688. The summed E-state index contributed by atoms with van der Waals surface area (Å²) in [6.45, 7) is 3.63. The molecule has 0 aromatic heterocycles. The number of carbonyl (C=O) groups is 2. The molecule has 0 radical (unpaired) electrons. The first-order chi connectivity index (χ1) is 14.1. The third kappa shape index (κ3) is 5.39. The van der Waals surface area contributed by atoms with Gasteiger partial charge in [-0.2, -0.15) is 5.10 Å². The summed E-state index contributed by atoms with van der Waals surface area (Å²) in [4.78, 5) is 23.7. The van der Waals surface area contributed by atoms with Gasteiger partial charge in [-0.1, -0.05) is 61.5 Å². The minimum atomic E-state index is -0.307. The first-order valence-corrected chi connectivity index (χ1v) is 9.47. The average molecular weight is 385 g/mol. The van der Waals surface area contributed by atoms with Gasteiger partial charge in [0.15, 0.2) is 0 Å². The molecule has 2 N–H and O–H groups in total. The number of carbonyl (C=O) groups excluding carboxylic acids is 2. The highest BCUT2D eigenvalue weighted by atomic mass is 16.2. The maximum absolute atomic E-state index is 12.3. The van der Waals surface area contributed by atoms with Gasteiger partial charge < -0.3 is 5.32 Å². The third-order valence-electron chi connectivity index (χ3n) is 4.49. The highest BCUT2D eigenvalue weighted by Crippen LogP contribution is 2.19. The van der Waals surface area contributed by atoms with Crippen molar-refractivity contribution < 1.29 is 9.59 Å². The van der Waals surface area contributed by atoms with E-state index in [4.69, 9.17) is 0 Å². The van der Waals surface area contributed by atoms with Crippen molar-refractivity contribution in [1.29, 1.82) is 0 Å². The van der Waals surface area contributed by atoms with Crippen molar-refractivity contribution in [3.8, 4) is 11.1 Å². The van der Waals surface area contributed by atoms with Gasteiger partial charge in [0.25, 0.3) is 5.91 Å². The van der Waals surface area contributed by atoms with E-state index in [1.807, 2.05) is 49.4 Å². The number of nitrogens with one attached hydrogen (secondary N) is 2. The second kappa shape index (κ2) is 9.46. The Labute approximate surface area is 170 Å². The molecule has 3 aromatic rings. The van der Waals surface area contributed by atoms with E-state index < -0.39 is 0 Å². The fraction of sp³-hybridized carbons (Fsp3) is 0.125. The molecule has 0 aliphatic carbocycles. The van der Waals surface area contributed by atoms with Crippen LogP contribution in [0.1, 0.15) is 36.2 Å². The smallest absolute Gasteiger partial charge is 0.271 e. The molecule has 0 bridgehead atoms. The number of hydrogen-bond donors (Lipinski definition) is 2. The molecule has 0 atom stereocenters. The van der Waals surface area contributed by atoms with Crippen LogP contribution < -0.4 is 10.7 Å². The van der Waals surface area contributed by atoms with Crippen LogP contribution in [0.5, 0.6) is 0 Å². The van der Waals surface area contributed by atoms with Gasteiger partial charge in [-0.15, -0.1) is 0 Å². The number of benzene rings is 3. The first-order valence-electron chi connectivity index (χ1n) is 9.47. The highest BCUT2D eigenvalue weighted by Gasteiger charge is 2.06. The Kier molecular flexibility index (Phi) is 6.53. The molecule has 3 aromatic carbocycles. The van der Waals surface area contributed by atoms with Crippen molar-refractivity contribution >= 4 is 23.2 Å². The molecule has 5 nitrogen and oxygen atoms in total. The fourth-order valence-corrected chi connectivity index (χ4v) is 2.75. The minimum Gasteiger partial charge on any atom is -0.326 e. The lowest BCUT2D eigenvalue weighted by Crippen LogP contribution is -2.19. The van der Waals surface area contributed by atoms with Crippen LogP contribution in [0.15, 0.2) is 84.0 Å². The standard InChI is InChI=1S/C24H23N3O2/c1-3-23(28)25-22-15-13-21(14-16-22)24(29)27-26-17(2)18-9-11-20(12-10-18)19-7-5-4-6-8-19/h4-16H,3H2,1-2H3,(H,25,28)(H,27,29). The molecule has 0 heterocycles. The molecule has 0 aliphatic rings. The van der Waals surface area contributed by atoms with Crippen LogP contribution in [0.4, 0.5) is 5.69 Å². The molecule has 5 heteroatoms. The molecule has 0 saturated heterocycles. The quantitative estimate of drug-likeness (QED) is 0.470. The molecule has 29 heavy (non-hydrogen) atoms. The summed E-state index contributed by atoms with van der Waals surface area (Å²) in [7, 11) is 0. The predicted molar refractivity (Wildman–Crippen MR) is 117 cm³/mol. The number of hydrazone groups is 1. The van der Waals surface area contributed by atoms with Crippen LogP contribution in [-0.2, 0) is 4.79 Å². The maximum atomic E-state index is 12.3. The van der Waals surface area contributed by atoms with E-state index in [0.717, 1.165) is 16.7 Å². The van der Waals surface area contributed by atoms with E-state index in [1.165, 1.54) is 0 Å². The molecule has 0 unspecified atom stereocenters. The van der Waals surface area contributed by atoms with Crippen molar-refractivity contribution in [2.45, 2.75) is 20.3 Å². The van der Waals surface area contributed by atoms with Crippen LogP contribution >= 0.6 is 0 Å². The summed E-state index contributed by atoms with van der Waals surface area (Å²) in [6.07, 6.45) is 0.405. The Morgan fingerprint density at radius 1 is 0.793 bits per heavy atom. The van der Waals surface area contributed by atoms with E-state index in [9.17, 15) is 9.59 Å². The lowest BCUT2D eigenvalue weighted by atomic mass is 10.0. The Balaban J connectivity index is 1.63. The molecular weight excluding hydrogens is 362 g/mol. The largest absolute Gasteiger partial charge is 0.326 e. The Morgan fingerprint density at radius 2 is 1.38 bits per heavy atom. The monoisotopic (exact) mass is 385 g/mol. The zero-order valence-corrected chi connectivity index (χ0v) is 16.5. The van der Waals surface area contributed by atoms with Crippen LogP contribution in [0.3, 0.4) is 0 Å². The fourth-order valence-electron chi connectivity index (χ4n) is 2.75. The molecular formula is C24H23N3O2. The summed E-state index contributed by atoms with van der Waals surface area (Å²) in [5.41, 5.74) is 7.63. The van der Waals surface area contributed by atoms with Gasteiger partial charge in [-0.05, 0) is 47.9 Å². The van der Waals surface area contributed by atoms with E-state index in [-0.39, 0.29) is 11.8 Å². The van der Waals surface area contributed by atoms with E-state index >= 15 is 0 Å². The third-order valence-corrected chi connectivity index (χ3v) is 4.49. The zero-order valence-electron chi connectivity index (χ0n) is 16.5. The normalized spacial score (nSPS) is 11.0. The van der Waals surface area contributed by atoms with Crippen molar-refractivity contribution in [2.75, 3.05) is 5.32 Å². The molecule has 0 fully saturated rings. The molecule has 146 valence electrons. The van der Waals surface area contributed by atoms with Crippen molar-refractivity contribution in [3.63, 3.8) is 0 Å². The van der Waals surface area contributed by atoms with Gasteiger partial charge >= 0.3 is 0 Å². The molecule has 0 aliphatic heterocycles. The summed E-state index contributed by atoms with van der Waals surface area (Å²) in [5.74, 6) is -0.376. The summed E-state index contributed by atoms with van der Waals surface area (Å²) in [6, 6.07) is 24.9. The lowest BCUT2D eigenvalue weighted by molar-refractivity contribution is -0.115. The molecule has 3 rings (SSSR count). The number of amides is 2. The zero-order chi connectivity index (χ0) is 20.6. The Morgan fingerprint density at radius 3 is 2.00 bits per heavy atom. The Bertz CT molecular complexity index is 1010. The SMILES string of the molecule is CCC(=O)Nc1ccc(C(=O)NN=C(C)c2ccc(-c3ccccc3)cc2)cc1. The van der Waals surface area contributed by atoms with Crippen LogP contribution in [0.25, 0.3) is 11.1 Å². The highest BCUT2D eigenvalue weighted by molar-refractivity contribution is 6.01. The van der Waals surface area contributed by atoms with E-state index in [0.29, 0.717) is 23.4 Å². The predicted octanol–water partition coefficient (Wildman–Crippen LogP) is 4.86. The van der Waals surface area contributed by atoms with Crippen molar-refractivity contribution in [3.05, 3.63) is 90.0 Å².